The predicted octanol–water partition coefficient (Wildman–Crippen LogP) is 3.03. The molecule has 0 aliphatic heterocycles. The maximum Gasteiger partial charge on any atom is 0.228 e. The number of unbranched alkanes of at least 4 members (excludes halogenated alkanes) is 2. The molecule has 0 radical (unpaired) electrons. The number of ketones is 1. The van der Waals surface area contributed by atoms with Crippen molar-refractivity contribution in [3.63, 3.8) is 0 Å². The van der Waals surface area contributed by atoms with Crippen LogP contribution in [0.1, 0.15) is 51.9 Å². The molecule has 0 N–H and O–H groups in total. The Morgan fingerprint density at radius 3 is 2.93 bits per heavy atom. The molecule has 1 rings (SSSR count). The molecule has 0 amide bonds. The van der Waals surface area contributed by atoms with E-state index in [0.29, 0.717) is 19.3 Å². The Hall–Kier alpha value is -0.840. The monoisotopic (exact) mass is 196 g/mol. The fourth-order valence-electron chi connectivity index (χ4n) is 1.59. The van der Waals surface area contributed by atoms with Crippen molar-refractivity contribution in [2.75, 3.05) is 0 Å². The number of hydrogen-bond acceptors (Lipinski definition) is 1. The van der Waals surface area contributed by atoms with E-state index in [2.05, 4.69) is 18.8 Å². The molecule has 14 heavy (non-hydrogen) atoms. The summed E-state index contributed by atoms with van der Waals surface area (Å²) in [6.07, 6.45) is 5.00. The first-order valence-corrected chi connectivity index (χ1v) is 5.41. The van der Waals surface area contributed by atoms with Crippen molar-refractivity contribution >= 4 is 5.78 Å². The number of Topliss-reactive ketones (excluding diaryl/α,β-unsaturated/α-hetero) is 1. The van der Waals surface area contributed by atoms with Gasteiger partial charge in [-0.25, -0.2) is 4.39 Å². The van der Waals surface area contributed by atoms with Crippen LogP contribution in [0.4, 0.5) is 4.39 Å². The van der Waals surface area contributed by atoms with E-state index in [9.17, 15) is 9.18 Å². The topological polar surface area (TPSA) is 17.1 Å². The van der Waals surface area contributed by atoms with Crippen molar-refractivity contribution in [2.45, 2.75) is 57.5 Å². The number of halogens is 1. The van der Waals surface area contributed by atoms with Gasteiger partial charge in [0.25, 0.3) is 0 Å². The number of carbonyl (C=O) groups is 1. The van der Waals surface area contributed by atoms with Gasteiger partial charge in [-0.3, -0.25) is 4.79 Å². The first-order valence-electron chi connectivity index (χ1n) is 5.41. The quantitative estimate of drug-likeness (QED) is 0.490. The summed E-state index contributed by atoms with van der Waals surface area (Å²) in [5.41, 5.74) is -1.81. The van der Waals surface area contributed by atoms with Crippen molar-refractivity contribution in [1.82, 2.24) is 0 Å². The van der Waals surface area contributed by atoms with E-state index < -0.39 is 5.67 Å². The third-order valence-electron chi connectivity index (χ3n) is 2.56. The van der Waals surface area contributed by atoms with Crippen LogP contribution in [0.2, 0.25) is 0 Å². The van der Waals surface area contributed by atoms with Crippen LogP contribution in [-0.2, 0) is 4.79 Å². The standard InChI is InChI=1S/C12H17FO/c1-2-3-4-6-9-12(13)10-7-5-8-11(12)14/h2-5,7-8,10H2,1H3/t12-/m0/s1. The molecule has 1 nitrogen and oxygen atoms in total. The summed E-state index contributed by atoms with van der Waals surface area (Å²) < 4.78 is 13.9. The Morgan fingerprint density at radius 1 is 1.50 bits per heavy atom. The highest BCUT2D eigenvalue weighted by molar-refractivity contribution is 5.91. The number of rotatable bonds is 2. The highest BCUT2D eigenvalue weighted by Gasteiger charge is 2.38. The van der Waals surface area contributed by atoms with Crippen molar-refractivity contribution in [3.8, 4) is 11.8 Å². The molecule has 0 aromatic rings. The third kappa shape index (κ3) is 2.83. The van der Waals surface area contributed by atoms with E-state index in [1.165, 1.54) is 0 Å². The molecule has 1 atom stereocenters. The third-order valence-corrected chi connectivity index (χ3v) is 2.56. The van der Waals surface area contributed by atoms with Crippen molar-refractivity contribution in [2.24, 2.45) is 0 Å². The molecule has 1 aliphatic rings. The van der Waals surface area contributed by atoms with Gasteiger partial charge in [0, 0.05) is 19.3 Å². The largest absolute Gasteiger partial charge is 0.295 e. The minimum absolute atomic E-state index is 0.297. The van der Waals surface area contributed by atoms with Crippen LogP contribution in [0.25, 0.3) is 0 Å². The van der Waals surface area contributed by atoms with Gasteiger partial charge in [0.15, 0.2) is 5.78 Å². The van der Waals surface area contributed by atoms with Crippen LogP contribution >= 0.6 is 0 Å². The number of carbonyl (C=O) groups excluding carboxylic acids is 1. The first-order chi connectivity index (χ1) is 6.69. The van der Waals surface area contributed by atoms with Gasteiger partial charge in [0.1, 0.15) is 0 Å². The van der Waals surface area contributed by atoms with E-state index in [0.717, 1.165) is 25.7 Å². The van der Waals surface area contributed by atoms with Gasteiger partial charge >= 0.3 is 0 Å². The Balaban J connectivity index is 2.53. The van der Waals surface area contributed by atoms with Gasteiger partial charge in [0.2, 0.25) is 5.67 Å². The molecular formula is C12H17FO. The van der Waals surface area contributed by atoms with Crippen LogP contribution in [-0.4, -0.2) is 11.5 Å². The summed E-state index contributed by atoms with van der Waals surface area (Å²) in [5.74, 6) is 4.99. The van der Waals surface area contributed by atoms with E-state index in [1.54, 1.807) is 0 Å². The molecule has 0 bridgehead atoms. The molecular weight excluding hydrogens is 179 g/mol. The second-order valence-corrected chi connectivity index (χ2v) is 3.84. The van der Waals surface area contributed by atoms with Gasteiger partial charge in [-0.1, -0.05) is 25.2 Å². The average Bonchev–Trinajstić information content (AvgIpc) is 2.18. The zero-order chi connectivity index (χ0) is 10.4. The van der Waals surface area contributed by atoms with Gasteiger partial charge in [-0.2, -0.15) is 0 Å². The van der Waals surface area contributed by atoms with Crippen LogP contribution in [0.5, 0.6) is 0 Å². The van der Waals surface area contributed by atoms with E-state index in [4.69, 9.17) is 0 Å². The van der Waals surface area contributed by atoms with E-state index >= 15 is 0 Å². The Bertz CT molecular complexity index is 261. The molecule has 1 saturated carbocycles. The molecule has 0 saturated heterocycles. The maximum atomic E-state index is 13.9. The zero-order valence-electron chi connectivity index (χ0n) is 8.74. The van der Waals surface area contributed by atoms with Gasteiger partial charge in [-0.15, -0.1) is 0 Å². The summed E-state index contributed by atoms with van der Waals surface area (Å²) in [7, 11) is 0. The first kappa shape index (κ1) is 11.2. The highest BCUT2D eigenvalue weighted by atomic mass is 19.1. The Labute approximate surface area is 85.1 Å². The molecule has 0 spiro atoms. The van der Waals surface area contributed by atoms with Crippen LogP contribution in [0, 0.1) is 11.8 Å². The average molecular weight is 196 g/mol. The van der Waals surface area contributed by atoms with Crippen LogP contribution in [0.3, 0.4) is 0 Å². The minimum Gasteiger partial charge on any atom is -0.295 e. The lowest BCUT2D eigenvalue weighted by atomic mass is 9.85. The molecule has 0 aromatic carbocycles. The van der Waals surface area contributed by atoms with Crippen molar-refractivity contribution in [1.29, 1.82) is 0 Å². The highest BCUT2D eigenvalue weighted by Crippen LogP contribution is 2.28. The molecule has 1 fully saturated rings. The van der Waals surface area contributed by atoms with Crippen molar-refractivity contribution < 1.29 is 9.18 Å². The summed E-state index contributed by atoms with van der Waals surface area (Å²) in [6, 6.07) is 0. The Kier molecular flexibility index (Phi) is 4.13. The molecule has 2 heteroatoms. The lowest BCUT2D eigenvalue weighted by molar-refractivity contribution is -0.129. The molecule has 1 aliphatic carbocycles. The van der Waals surface area contributed by atoms with Gasteiger partial charge in [0.05, 0.1) is 0 Å². The second kappa shape index (κ2) is 5.14. The van der Waals surface area contributed by atoms with Crippen molar-refractivity contribution in [3.05, 3.63) is 0 Å². The normalized spacial score (nSPS) is 26.9. The second-order valence-electron chi connectivity index (χ2n) is 3.84. The minimum atomic E-state index is -1.81. The lowest BCUT2D eigenvalue weighted by Crippen LogP contribution is -2.35. The molecule has 0 heterocycles. The van der Waals surface area contributed by atoms with E-state index in [-0.39, 0.29) is 5.78 Å². The summed E-state index contributed by atoms with van der Waals surface area (Å²) in [4.78, 5) is 11.3. The summed E-state index contributed by atoms with van der Waals surface area (Å²) in [5, 5.41) is 0. The number of hydrogen-bond donors (Lipinski definition) is 0. The van der Waals surface area contributed by atoms with Crippen LogP contribution in [0.15, 0.2) is 0 Å². The summed E-state index contributed by atoms with van der Waals surface area (Å²) >= 11 is 0. The van der Waals surface area contributed by atoms with Gasteiger partial charge in [-0.05, 0) is 19.3 Å². The molecule has 0 unspecified atom stereocenters. The molecule has 78 valence electrons. The number of alkyl halides is 1. The SMILES string of the molecule is CCCCC#C[C@]1(F)CCCCC1=O. The predicted molar refractivity (Wildman–Crippen MR) is 54.6 cm³/mol. The van der Waals surface area contributed by atoms with Crippen LogP contribution < -0.4 is 0 Å². The maximum absolute atomic E-state index is 13.9. The Morgan fingerprint density at radius 2 is 2.29 bits per heavy atom. The summed E-state index contributed by atoms with van der Waals surface area (Å²) in [6.45, 7) is 2.07. The fourth-order valence-corrected chi connectivity index (χ4v) is 1.59. The lowest BCUT2D eigenvalue weighted by Gasteiger charge is -2.22. The smallest absolute Gasteiger partial charge is 0.228 e. The molecule has 0 aromatic heterocycles. The van der Waals surface area contributed by atoms with E-state index in [1.807, 2.05) is 0 Å². The zero-order valence-corrected chi connectivity index (χ0v) is 8.74. The fraction of sp³-hybridized carbons (Fsp3) is 0.750. The van der Waals surface area contributed by atoms with Gasteiger partial charge < -0.3 is 0 Å².